The first-order valence-electron chi connectivity index (χ1n) is 15.3. The molecule has 9 nitrogen and oxygen atoms in total. The summed E-state index contributed by atoms with van der Waals surface area (Å²) in [6.07, 6.45) is 11.8. The third-order valence-corrected chi connectivity index (χ3v) is 9.55. The van der Waals surface area contributed by atoms with E-state index in [1.807, 2.05) is 42.1 Å². The lowest BCUT2D eigenvalue weighted by Crippen LogP contribution is -2.47. The number of hydrogen-bond acceptors (Lipinski definition) is 6. The van der Waals surface area contributed by atoms with E-state index in [0.717, 1.165) is 65.7 Å². The molecule has 0 atom stereocenters. The highest BCUT2D eigenvalue weighted by atomic mass is 16.1. The van der Waals surface area contributed by atoms with Crippen LogP contribution in [-0.2, 0) is 13.6 Å². The molecule has 0 spiro atoms. The van der Waals surface area contributed by atoms with E-state index in [0.29, 0.717) is 34.6 Å². The van der Waals surface area contributed by atoms with Gasteiger partial charge in [-0.25, -0.2) is 4.98 Å². The standard InChI is InChI=1S/C34H34N8O/c1-34(10-3-11-34)36-17-24-15-26-28(21-5-6-21)18-42(33(43)31(26)38-24)30-14-23(13-29(39-30)22-7-8-22)25-9-4-20(16-35)12-27(25)32-40-37-19-41(32)2/h4,9,12-15,18-19,21-22,36,38H,3,5-8,10-11,17H2,1-2H3. The van der Waals surface area contributed by atoms with Crippen molar-refractivity contribution in [3.05, 3.63) is 81.8 Å². The first kappa shape index (κ1) is 26.1. The minimum absolute atomic E-state index is 0.0831. The number of nitrogens with zero attached hydrogens (tertiary/aromatic N) is 6. The van der Waals surface area contributed by atoms with Crippen LogP contribution in [-0.4, -0.2) is 34.8 Å². The number of pyridine rings is 2. The number of aromatic amines is 1. The number of aryl methyl sites for hydroxylation is 1. The maximum atomic E-state index is 14.1. The first-order valence-corrected chi connectivity index (χ1v) is 15.3. The molecule has 3 fully saturated rings. The third-order valence-electron chi connectivity index (χ3n) is 9.55. The van der Waals surface area contributed by atoms with Crippen LogP contribution in [0.15, 0.2) is 53.7 Å². The summed E-state index contributed by atoms with van der Waals surface area (Å²) < 4.78 is 3.60. The van der Waals surface area contributed by atoms with Gasteiger partial charge in [0.25, 0.3) is 5.56 Å². The first-order chi connectivity index (χ1) is 20.9. The van der Waals surface area contributed by atoms with Gasteiger partial charge in [-0.05, 0) is 105 Å². The summed E-state index contributed by atoms with van der Waals surface area (Å²) in [7, 11) is 1.90. The fourth-order valence-electron chi connectivity index (χ4n) is 6.45. The highest BCUT2D eigenvalue weighted by Crippen LogP contribution is 2.44. The Morgan fingerprint density at radius 3 is 2.58 bits per heavy atom. The minimum atomic E-state index is -0.0831. The fourth-order valence-corrected chi connectivity index (χ4v) is 6.45. The van der Waals surface area contributed by atoms with Crippen LogP contribution in [0.25, 0.3) is 39.2 Å². The van der Waals surface area contributed by atoms with Crippen LogP contribution < -0.4 is 10.9 Å². The maximum Gasteiger partial charge on any atom is 0.280 e. The molecule has 0 aliphatic heterocycles. The Morgan fingerprint density at radius 2 is 1.91 bits per heavy atom. The van der Waals surface area contributed by atoms with Gasteiger partial charge in [0.2, 0.25) is 0 Å². The maximum absolute atomic E-state index is 14.1. The highest BCUT2D eigenvalue weighted by Gasteiger charge is 2.32. The van der Waals surface area contributed by atoms with Crippen LogP contribution in [0.2, 0.25) is 0 Å². The Labute approximate surface area is 249 Å². The topological polar surface area (TPSA) is 117 Å². The Morgan fingerprint density at radius 1 is 1.09 bits per heavy atom. The second-order valence-electron chi connectivity index (χ2n) is 12.9. The van der Waals surface area contributed by atoms with Crippen molar-refractivity contribution in [3.63, 3.8) is 0 Å². The molecule has 1 aromatic carbocycles. The Balaban J connectivity index is 1.27. The van der Waals surface area contributed by atoms with Gasteiger partial charge in [-0.15, -0.1) is 10.2 Å². The van der Waals surface area contributed by atoms with Crippen LogP contribution in [0.3, 0.4) is 0 Å². The monoisotopic (exact) mass is 570 g/mol. The molecule has 4 heterocycles. The van der Waals surface area contributed by atoms with E-state index in [-0.39, 0.29) is 11.1 Å². The van der Waals surface area contributed by atoms with Gasteiger partial charge in [0.05, 0.1) is 11.6 Å². The molecule has 0 unspecified atom stereocenters. The van der Waals surface area contributed by atoms with E-state index < -0.39 is 0 Å². The van der Waals surface area contributed by atoms with Gasteiger partial charge in [-0.2, -0.15) is 5.26 Å². The van der Waals surface area contributed by atoms with Crippen molar-refractivity contribution >= 4 is 10.9 Å². The minimum Gasteiger partial charge on any atom is -0.353 e. The molecule has 3 saturated carbocycles. The molecule has 0 radical (unpaired) electrons. The van der Waals surface area contributed by atoms with E-state index in [1.165, 1.54) is 24.8 Å². The molecular weight excluding hydrogens is 536 g/mol. The van der Waals surface area contributed by atoms with Crippen LogP contribution in [0.4, 0.5) is 0 Å². The third kappa shape index (κ3) is 4.66. The van der Waals surface area contributed by atoms with E-state index in [9.17, 15) is 10.1 Å². The van der Waals surface area contributed by atoms with Gasteiger partial charge in [0.1, 0.15) is 17.7 Å². The number of benzene rings is 1. The summed E-state index contributed by atoms with van der Waals surface area (Å²) in [5.74, 6) is 2.14. The molecule has 216 valence electrons. The molecule has 0 saturated heterocycles. The molecule has 3 aliphatic rings. The number of fused-ring (bicyclic) bond motifs is 1. The molecule has 0 bridgehead atoms. The lowest BCUT2D eigenvalue weighted by Gasteiger charge is -2.39. The van der Waals surface area contributed by atoms with E-state index in [1.54, 1.807) is 10.9 Å². The molecule has 8 rings (SSSR count). The molecule has 43 heavy (non-hydrogen) atoms. The van der Waals surface area contributed by atoms with Crippen LogP contribution in [0.5, 0.6) is 0 Å². The normalized spacial score (nSPS) is 17.6. The summed E-state index contributed by atoms with van der Waals surface area (Å²) in [6, 6.07) is 14.2. The van der Waals surface area contributed by atoms with E-state index in [2.05, 4.69) is 45.6 Å². The van der Waals surface area contributed by atoms with Gasteiger partial charge >= 0.3 is 0 Å². The van der Waals surface area contributed by atoms with Crippen molar-refractivity contribution < 1.29 is 0 Å². The summed E-state index contributed by atoms with van der Waals surface area (Å²) in [5, 5.41) is 22.8. The zero-order chi connectivity index (χ0) is 29.3. The largest absolute Gasteiger partial charge is 0.353 e. The number of hydrogen-bond donors (Lipinski definition) is 2. The van der Waals surface area contributed by atoms with Gasteiger partial charge in [-0.1, -0.05) is 6.07 Å². The van der Waals surface area contributed by atoms with E-state index in [4.69, 9.17) is 4.98 Å². The van der Waals surface area contributed by atoms with Gasteiger partial charge < -0.3 is 14.9 Å². The number of aromatic nitrogens is 6. The Hall–Kier alpha value is -4.55. The molecular formula is C34H34N8O. The van der Waals surface area contributed by atoms with Crippen molar-refractivity contribution in [1.82, 2.24) is 34.6 Å². The van der Waals surface area contributed by atoms with Crippen molar-refractivity contribution in [2.45, 2.75) is 75.8 Å². The van der Waals surface area contributed by atoms with E-state index >= 15 is 0 Å². The zero-order valence-electron chi connectivity index (χ0n) is 24.5. The van der Waals surface area contributed by atoms with Gasteiger partial charge in [-0.3, -0.25) is 9.36 Å². The van der Waals surface area contributed by atoms with Crippen LogP contribution in [0.1, 0.15) is 86.2 Å². The highest BCUT2D eigenvalue weighted by molar-refractivity contribution is 5.85. The van der Waals surface area contributed by atoms with Gasteiger partial charge in [0, 0.05) is 53.6 Å². The number of H-pyrrole nitrogens is 1. The quantitative estimate of drug-likeness (QED) is 0.242. The van der Waals surface area contributed by atoms with Crippen molar-refractivity contribution in [3.8, 4) is 34.4 Å². The molecule has 5 aromatic rings. The molecule has 9 heteroatoms. The lowest BCUT2D eigenvalue weighted by atomic mass is 9.78. The molecule has 0 amide bonds. The number of rotatable bonds is 8. The molecule has 4 aromatic heterocycles. The predicted molar refractivity (Wildman–Crippen MR) is 165 cm³/mol. The number of nitriles is 1. The SMILES string of the molecule is Cn1cnnc1-c1cc(C#N)ccc1-c1cc(C2CC2)nc(-n2cc(C3CC3)c3cc(CNC4(C)CCC4)[nH]c3c2=O)c1. The summed E-state index contributed by atoms with van der Waals surface area (Å²) in [6.45, 7) is 3.00. The zero-order valence-corrected chi connectivity index (χ0v) is 24.5. The van der Waals surface area contributed by atoms with Crippen molar-refractivity contribution in [2.24, 2.45) is 7.05 Å². The average molecular weight is 571 g/mol. The van der Waals surface area contributed by atoms with Crippen molar-refractivity contribution in [1.29, 1.82) is 5.26 Å². The predicted octanol–water partition coefficient (Wildman–Crippen LogP) is 5.83. The lowest BCUT2D eigenvalue weighted by molar-refractivity contribution is 0.206. The molecule has 3 aliphatic carbocycles. The number of nitrogens with one attached hydrogen (secondary N) is 2. The van der Waals surface area contributed by atoms with Crippen LogP contribution >= 0.6 is 0 Å². The fraction of sp³-hybridized carbons (Fsp3) is 0.382. The Bertz CT molecular complexity index is 2000. The second kappa shape index (κ2) is 9.75. The summed E-state index contributed by atoms with van der Waals surface area (Å²) in [5.41, 5.74) is 7.25. The van der Waals surface area contributed by atoms with Crippen LogP contribution in [0, 0.1) is 11.3 Å². The summed E-state index contributed by atoms with van der Waals surface area (Å²) in [4.78, 5) is 22.7. The Kier molecular flexibility index (Phi) is 5.92. The van der Waals surface area contributed by atoms with Crippen molar-refractivity contribution in [2.75, 3.05) is 0 Å². The van der Waals surface area contributed by atoms with Gasteiger partial charge in [0.15, 0.2) is 5.82 Å². The smallest absolute Gasteiger partial charge is 0.280 e. The second-order valence-corrected chi connectivity index (χ2v) is 12.9. The summed E-state index contributed by atoms with van der Waals surface area (Å²) >= 11 is 0. The molecule has 2 N–H and O–H groups in total. The average Bonchev–Trinajstić information content (AvgIpc) is 3.94.